The van der Waals surface area contributed by atoms with Crippen molar-refractivity contribution in [3.05, 3.63) is 77.4 Å². The molecule has 164 valence electrons. The molecule has 0 bridgehead atoms. The van der Waals surface area contributed by atoms with Gasteiger partial charge in [-0.15, -0.1) is 10.2 Å². The zero-order chi connectivity index (χ0) is 22.9. The van der Waals surface area contributed by atoms with Crippen LogP contribution in [0.2, 0.25) is 0 Å². The van der Waals surface area contributed by atoms with Gasteiger partial charge in [-0.1, -0.05) is 32.9 Å². The highest BCUT2D eigenvalue weighted by Gasteiger charge is 2.15. The number of rotatable bonds is 5. The number of anilines is 1. The zero-order valence-corrected chi connectivity index (χ0v) is 19.1. The van der Waals surface area contributed by atoms with Crippen LogP contribution in [0.1, 0.15) is 49.2 Å². The van der Waals surface area contributed by atoms with Crippen LogP contribution >= 0.6 is 0 Å². The molecule has 4 aromatic rings. The number of carbonyl (C=O) groups excluding carboxylic acids is 1. The molecule has 0 aliphatic carbocycles. The molecule has 32 heavy (non-hydrogen) atoms. The van der Waals surface area contributed by atoms with Gasteiger partial charge in [-0.05, 0) is 78.9 Å². The first-order valence-electron chi connectivity index (χ1n) is 10.8. The molecule has 0 saturated heterocycles. The van der Waals surface area contributed by atoms with Gasteiger partial charge in [0.25, 0.3) is 5.91 Å². The fourth-order valence-electron chi connectivity index (χ4n) is 3.48. The van der Waals surface area contributed by atoms with E-state index in [0.717, 1.165) is 28.2 Å². The van der Waals surface area contributed by atoms with Crippen molar-refractivity contribution in [3.8, 4) is 11.4 Å². The van der Waals surface area contributed by atoms with E-state index in [0.29, 0.717) is 17.7 Å². The zero-order valence-electron chi connectivity index (χ0n) is 19.1. The van der Waals surface area contributed by atoms with E-state index in [1.807, 2.05) is 74.5 Å². The molecule has 1 amide bonds. The molecule has 0 aliphatic rings. The van der Waals surface area contributed by atoms with Gasteiger partial charge < -0.3 is 10.1 Å². The molecule has 6 heteroatoms. The molecule has 4 rings (SSSR count). The van der Waals surface area contributed by atoms with E-state index in [2.05, 4.69) is 36.3 Å². The Bertz CT molecular complexity index is 1250. The van der Waals surface area contributed by atoms with Crippen molar-refractivity contribution in [2.75, 3.05) is 11.9 Å². The summed E-state index contributed by atoms with van der Waals surface area (Å²) < 4.78 is 5.49. The van der Waals surface area contributed by atoms with Gasteiger partial charge in [-0.25, -0.2) is 0 Å². The maximum Gasteiger partial charge on any atom is 0.255 e. The van der Waals surface area contributed by atoms with Gasteiger partial charge >= 0.3 is 0 Å². The van der Waals surface area contributed by atoms with Crippen molar-refractivity contribution >= 4 is 22.6 Å². The van der Waals surface area contributed by atoms with Crippen LogP contribution in [0.25, 0.3) is 16.7 Å². The first-order chi connectivity index (χ1) is 15.2. The first-order valence-corrected chi connectivity index (χ1v) is 10.8. The fraction of sp³-hybridized carbons (Fsp3) is 0.269. The number of ether oxygens (including phenoxy) is 1. The van der Waals surface area contributed by atoms with Crippen LogP contribution in [0.3, 0.4) is 0 Å². The normalized spacial score (nSPS) is 11.5. The van der Waals surface area contributed by atoms with Crippen molar-refractivity contribution in [1.29, 1.82) is 0 Å². The lowest BCUT2D eigenvalue weighted by Gasteiger charge is -2.19. The van der Waals surface area contributed by atoms with E-state index >= 15 is 0 Å². The molecule has 0 saturated carbocycles. The number of aryl methyl sites for hydroxylation is 1. The van der Waals surface area contributed by atoms with Crippen molar-refractivity contribution in [2.45, 2.75) is 40.0 Å². The van der Waals surface area contributed by atoms with E-state index in [9.17, 15) is 4.79 Å². The van der Waals surface area contributed by atoms with Crippen LogP contribution in [0.5, 0.6) is 5.75 Å². The highest BCUT2D eigenvalue weighted by Crippen LogP contribution is 2.25. The lowest BCUT2D eigenvalue weighted by atomic mass is 9.87. The molecular formula is C26H28N4O2. The summed E-state index contributed by atoms with van der Waals surface area (Å²) in [4.78, 5) is 14.4. The molecule has 1 heterocycles. The summed E-state index contributed by atoms with van der Waals surface area (Å²) in [6, 6.07) is 19.2. The summed E-state index contributed by atoms with van der Waals surface area (Å²) >= 11 is 0. The third-order valence-electron chi connectivity index (χ3n) is 5.37. The number of amides is 1. The van der Waals surface area contributed by atoms with Crippen LogP contribution in [-0.4, -0.2) is 27.5 Å². The number of benzene rings is 3. The smallest absolute Gasteiger partial charge is 0.255 e. The average molecular weight is 429 g/mol. The van der Waals surface area contributed by atoms with Gasteiger partial charge in [0.15, 0.2) is 0 Å². The second-order valence-electron chi connectivity index (χ2n) is 8.85. The number of carbonyl (C=O) groups is 1. The molecule has 0 spiro atoms. The van der Waals surface area contributed by atoms with Crippen molar-refractivity contribution in [2.24, 2.45) is 0 Å². The van der Waals surface area contributed by atoms with E-state index < -0.39 is 0 Å². The quantitative estimate of drug-likeness (QED) is 0.444. The van der Waals surface area contributed by atoms with E-state index in [1.54, 1.807) is 4.80 Å². The molecule has 0 fully saturated rings. The van der Waals surface area contributed by atoms with Gasteiger partial charge in [0.05, 0.1) is 12.3 Å². The number of fused-ring (bicyclic) bond motifs is 1. The van der Waals surface area contributed by atoms with Gasteiger partial charge in [0.2, 0.25) is 0 Å². The van der Waals surface area contributed by atoms with E-state index in [1.165, 1.54) is 5.56 Å². The molecule has 0 unspecified atom stereocenters. The minimum Gasteiger partial charge on any atom is -0.494 e. The Morgan fingerprint density at radius 1 is 0.969 bits per heavy atom. The predicted octanol–water partition coefficient (Wildman–Crippen LogP) is 5.68. The Kier molecular flexibility index (Phi) is 5.70. The minimum atomic E-state index is -0.146. The number of nitrogens with zero attached hydrogens (tertiary/aromatic N) is 3. The number of nitrogens with one attached hydrogen (secondary N) is 1. The van der Waals surface area contributed by atoms with Crippen LogP contribution in [0, 0.1) is 6.92 Å². The highest BCUT2D eigenvalue weighted by molar-refractivity contribution is 6.05. The summed E-state index contributed by atoms with van der Waals surface area (Å²) in [6.45, 7) is 11.0. The van der Waals surface area contributed by atoms with E-state index in [4.69, 9.17) is 4.74 Å². The van der Waals surface area contributed by atoms with Gasteiger partial charge in [0.1, 0.15) is 16.8 Å². The molecule has 1 aromatic heterocycles. The van der Waals surface area contributed by atoms with Crippen LogP contribution < -0.4 is 10.1 Å². The lowest BCUT2D eigenvalue weighted by Crippen LogP contribution is -2.14. The van der Waals surface area contributed by atoms with E-state index in [-0.39, 0.29) is 11.3 Å². The van der Waals surface area contributed by atoms with Gasteiger partial charge in [-0.3, -0.25) is 4.79 Å². The third kappa shape index (κ3) is 4.49. The molecule has 3 aromatic carbocycles. The van der Waals surface area contributed by atoms with Crippen molar-refractivity contribution in [3.63, 3.8) is 0 Å². The standard InChI is InChI=1S/C26H28N4O2/c1-6-32-21-13-11-20(12-14-21)30-28-23-15-17(2)22(16-24(23)29-30)27-25(31)18-7-9-19(10-8-18)26(3,4)5/h7-16H,6H2,1-5H3,(H,27,31). The summed E-state index contributed by atoms with van der Waals surface area (Å²) in [5, 5.41) is 12.2. The number of aromatic nitrogens is 3. The largest absolute Gasteiger partial charge is 0.494 e. The maximum absolute atomic E-state index is 12.8. The second kappa shape index (κ2) is 8.46. The molecule has 6 nitrogen and oxygen atoms in total. The second-order valence-corrected chi connectivity index (χ2v) is 8.85. The van der Waals surface area contributed by atoms with Crippen molar-refractivity contribution < 1.29 is 9.53 Å². The Balaban J connectivity index is 1.57. The summed E-state index contributed by atoms with van der Waals surface area (Å²) in [5.41, 5.74) is 5.83. The SMILES string of the molecule is CCOc1ccc(-n2nc3cc(C)c(NC(=O)c4ccc(C(C)(C)C)cc4)cc3n2)cc1. The molecule has 0 atom stereocenters. The molecule has 0 aliphatic heterocycles. The highest BCUT2D eigenvalue weighted by atomic mass is 16.5. The van der Waals surface area contributed by atoms with Crippen molar-refractivity contribution in [1.82, 2.24) is 15.0 Å². The fourth-order valence-corrected chi connectivity index (χ4v) is 3.48. The minimum absolute atomic E-state index is 0.0474. The van der Waals surface area contributed by atoms with Crippen LogP contribution in [-0.2, 0) is 5.41 Å². The average Bonchev–Trinajstić information content (AvgIpc) is 3.17. The third-order valence-corrected chi connectivity index (χ3v) is 5.37. The number of hydrogen-bond donors (Lipinski definition) is 1. The first kappa shape index (κ1) is 21.6. The Morgan fingerprint density at radius 3 is 2.19 bits per heavy atom. The summed E-state index contributed by atoms with van der Waals surface area (Å²) in [7, 11) is 0. The molecule has 0 radical (unpaired) electrons. The van der Waals surface area contributed by atoms with Crippen LogP contribution in [0.4, 0.5) is 5.69 Å². The number of hydrogen-bond acceptors (Lipinski definition) is 4. The predicted molar refractivity (Wildman–Crippen MR) is 128 cm³/mol. The van der Waals surface area contributed by atoms with Crippen LogP contribution in [0.15, 0.2) is 60.7 Å². The lowest BCUT2D eigenvalue weighted by molar-refractivity contribution is 0.102. The Hall–Kier alpha value is -3.67. The summed E-state index contributed by atoms with van der Waals surface area (Å²) in [6.07, 6.45) is 0. The summed E-state index contributed by atoms with van der Waals surface area (Å²) in [5.74, 6) is 0.663. The Labute approximate surface area is 188 Å². The topological polar surface area (TPSA) is 69.0 Å². The maximum atomic E-state index is 12.8. The monoisotopic (exact) mass is 428 g/mol. The van der Waals surface area contributed by atoms with Gasteiger partial charge in [0, 0.05) is 11.3 Å². The Morgan fingerprint density at radius 2 is 1.59 bits per heavy atom. The molecular weight excluding hydrogens is 400 g/mol. The molecule has 1 N–H and O–H groups in total. The van der Waals surface area contributed by atoms with Gasteiger partial charge in [-0.2, -0.15) is 4.80 Å².